The molecule has 1 atom stereocenters. The first-order valence-corrected chi connectivity index (χ1v) is 10.0. The van der Waals surface area contributed by atoms with Gasteiger partial charge in [0.2, 0.25) is 11.8 Å². The zero-order chi connectivity index (χ0) is 20.8. The minimum atomic E-state index is -0.489. The Labute approximate surface area is 171 Å². The SMILES string of the molecule is CCc1ccc([C@H](C)NC(=O)CSc2nnc(-c3cccc([N+](=O)[O-])c3)o2)cc1. The van der Waals surface area contributed by atoms with Crippen LogP contribution in [0.25, 0.3) is 11.5 Å². The van der Waals surface area contributed by atoms with Gasteiger partial charge >= 0.3 is 0 Å². The van der Waals surface area contributed by atoms with Crippen LogP contribution in [0.4, 0.5) is 5.69 Å². The fourth-order valence-corrected chi connectivity index (χ4v) is 3.25. The number of nitrogens with one attached hydrogen (secondary N) is 1. The summed E-state index contributed by atoms with van der Waals surface area (Å²) in [6, 6.07) is 14.0. The van der Waals surface area contributed by atoms with Gasteiger partial charge < -0.3 is 9.73 Å². The molecule has 1 heterocycles. The van der Waals surface area contributed by atoms with Gasteiger partial charge in [0.25, 0.3) is 10.9 Å². The van der Waals surface area contributed by atoms with E-state index in [1.165, 1.54) is 17.7 Å². The number of rotatable bonds is 8. The molecule has 0 aliphatic rings. The van der Waals surface area contributed by atoms with E-state index in [0.717, 1.165) is 23.7 Å². The lowest BCUT2D eigenvalue weighted by molar-refractivity contribution is -0.384. The minimum Gasteiger partial charge on any atom is -0.411 e. The van der Waals surface area contributed by atoms with E-state index >= 15 is 0 Å². The Morgan fingerprint density at radius 1 is 1.24 bits per heavy atom. The predicted octanol–water partition coefficient (Wildman–Crippen LogP) is 4.18. The number of nitro groups is 1. The molecule has 0 saturated heterocycles. The van der Waals surface area contributed by atoms with E-state index < -0.39 is 4.92 Å². The molecule has 1 amide bonds. The highest BCUT2D eigenvalue weighted by molar-refractivity contribution is 7.99. The lowest BCUT2D eigenvalue weighted by Gasteiger charge is -2.14. The van der Waals surface area contributed by atoms with Gasteiger partial charge in [-0.15, -0.1) is 10.2 Å². The van der Waals surface area contributed by atoms with E-state index in [2.05, 4.69) is 34.6 Å². The second kappa shape index (κ2) is 9.33. The summed E-state index contributed by atoms with van der Waals surface area (Å²) in [4.78, 5) is 22.6. The van der Waals surface area contributed by atoms with Gasteiger partial charge in [-0.3, -0.25) is 14.9 Å². The number of benzene rings is 2. The Morgan fingerprint density at radius 3 is 2.69 bits per heavy atom. The second-order valence-electron chi connectivity index (χ2n) is 6.35. The van der Waals surface area contributed by atoms with Crippen LogP contribution in [0, 0.1) is 10.1 Å². The van der Waals surface area contributed by atoms with Crippen molar-refractivity contribution in [1.82, 2.24) is 15.5 Å². The van der Waals surface area contributed by atoms with Crippen LogP contribution in [0.5, 0.6) is 0 Å². The van der Waals surface area contributed by atoms with Crippen molar-refractivity contribution < 1.29 is 14.1 Å². The number of hydrogen-bond acceptors (Lipinski definition) is 7. The number of amides is 1. The van der Waals surface area contributed by atoms with E-state index in [0.29, 0.717) is 5.56 Å². The maximum absolute atomic E-state index is 12.2. The van der Waals surface area contributed by atoms with Crippen LogP contribution >= 0.6 is 11.8 Å². The fraction of sp³-hybridized carbons (Fsp3) is 0.250. The monoisotopic (exact) mass is 412 g/mol. The number of carbonyl (C=O) groups excluding carboxylic acids is 1. The van der Waals surface area contributed by atoms with Gasteiger partial charge in [-0.1, -0.05) is 49.0 Å². The molecular weight excluding hydrogens is 392 g/mol. The molecule has 1 aromatic heterocycles. The van der Waals surface area contributed by atoms with Gasteiger partial charge in [0, 0.05) is 17.7 Å². The summed E-state index contributed by atoms with van der Waals surface area (Å²) in [7, 11) is 0. The van der Waals surface area contributed by atoms with Crippen LogP contribution in [0.3, 0.4) is 0 Å². The highest BCUT2D eigenvalue weighted by Crippen LogP contribution is 2.26. The van der Waals surface area contributed by atoms with Gasteiger partial charge in [0.1, 0.15) is 0 Å². The molecule has 1 N–H and O–H groups in total. The second-order valence-corrected chi connectivity index (χ2v) is 7.28. The molecular formula is C20H20N4O4S. The standard InChI is InChI=1S/C20H20N4O4S/c1-3-14-7-9-15(10-8-14)13(2)21-18(25)12-29-20-23-22-19(28-20)16-5-4-6-17(11-16)24(26)27/h4-11,13H,3,12H2,1-2H3,(H,21,25)/t13-/m0/s1. The van der Waals surface area contributed by atoms with Crippen molar-refractivity contribution in [3.05, 3.63) is 69.8 Å². The molecule has 8 nitrogen and oxygen atoms in total. The Bertz CT molecular complexity index is 1000. The van der Waals surface area contributed by atoms with Crippen molar-refractivity contribution in [2.24, 2.45) is 0 Å². The molecule has 29 heavy (non-hydrogen) atoms. The lowest BCUT2D eigenvalue weighted by atomic mass is 10.1. The van der Waals surface area contributed by atoms with Gasteiger partial charge in [-0.2, -0.15) is 0 Å². The van der Waals surface area contributed by atoms with Crippen molar-refractivity contribution in [1.29, 1.82) is 0 Å². The number of nitro benzene ring substituents is 1. The number of carbonyl (C=O) groups is 1. The molecule has 150 valence electrons. The van der Waals surface area contributed by atoms with Gasteiger partial charge in [0.15, 0.2) is 0 Å². The normalized spacial score (nSPS) is 11.8. The fourth-order valence-electron chi connectivity index (χ4n) is 2.67. The van der Waals surface area contributed by atoms with Crippen molar-refractivity contribution in [3.63, 3.8) is 0 Å². The van der Waals surface area contributed by atoms with Crippen LogP contribution in [0.15, 0.2) is 58.2 Å². The molecule has 3 rings (SSSR count). The van der Waals surface area contributed by atoms with E-state index in [1.54, 1.807) is 12.1 Å². The Morgan fingerprint density at radius 2 is 2.00 bits per heavy atom. The molecule has 0 fully saturated rings. The van der Waals surface area contributed by atoms with Crippen LogP contribution < -0.4 is 5.32 Å². The zero-order valence-electron chi connectivity index (χ0n) is 16.0. The van der Waals surface area contributed by atoms with Crippen molar-refractivity contribution in [2.45, 2.75) is 31.5 Å². The molecule has 0 spiro atoms. The third-order valence-corrected chi connectivity index (χ3v) is 5.12. The third kappa shape index (κ3) is 5.41. The van der Waals surface area contributed by atoms with E-state index in [1.807, 2.05) is 19.1 Å². The van der Waals surface area contributed by atoms with Gasteiger partial charge in [-0.05, 0) is 30.5 Å². The van der Waals surface area contributed by atoms with Crippen molar-refractivity contribution >= 4 is 23.4 Å². The summed E-state index contributed by atoms with van der Waals surface area (Å²) in [6.07, 6.45) is 0.972. The van der Waals surface area contributed by atoms with Crippen LogP contribution in [-0.4, -0.2) is 26.8 Å². The molecule has 0 aliphatic heterocycles. The number of hydrogen-bond donors (Lipinski definition) is 1. The van der Waals surface area contributed by atoms with E-state index in [9.17, 15) is 14.9 Å². The summed E-state index contributed by atoms with van der Waals surface area (Å²) < 4.78 is 5.51. The van der Waals surface area contributed by atoms with Crippen LogP contribution in [0.2, 0.25) is 0 Å². The van der Waals surface area contributed by atoms with Crippen LogP contribution in [-0.2, 0) is 11.2 Å². The molecule has 0 aliphatic carbocycles. The average molecular weight is 412 g/mol. The molecule has 9 heteroatoms. The molecule has 0 bridgehead atoms. The summed E-state index contributed by atoms with van der Waals surface area (Å²) in [6.45, 7) is 4.02. The first kappa shape index (κ1) is 20.5. The highest BCUT2D eigenvalue weighted by atomic mass is 32.2. The Kier molecular flexibility index (Phi) is 6.61. The summed E-state index contributed by atoms with van der Waals surface area (Å²) in [5.74, 6) is 0.131. The molecule has 2 aromatic carbocycles. The number of aromatic nitrogens is 2. The average Bonchev–Trinajstić information content (AvgIpc) is 3.21. The number of thioether (sulfide) groups is 1. The smallest absolute Gasteiger partial charge is 0.277 e. The third-order valence-electron chi connectivity index (χ3n) is 4.30. The largest absolute Gasteiger partial charge is 0.411 e. The number of non-ortho nitro benzene ring substituents is 1. The summed E-state index contributed by atoms with van der Waals surface area (Å²) in [5, 5.41) is 21.8. The maximum atomic E-state index is 12.2. The lowest BCUT2D eigenvalue weighted by Crippen LogP contribution is -2.28. The Hall–Kier alpha value is -3.20. The summed E-state index contributed by atoms with van der Waals surface area (Å²) in [5.41, 5.74) is 2.67. The molecule has 0 unspecified atom stereocenters. The molecule has 0 radical (unpaired) electrons. The van der Waals surface area contributed by atoms with Crippen LogP contribution in [0.1, 0.15) is 31.0 Å². The molecule has 3 aromatic rings. The predicted molar refractivity (Wildman–Crippen MR) is 109 cm³/mol. The first-order chi connectivity index (χ1) is 14.0. The topological polar surface area (TPSA) is 111 Å². The van der Waals surface area contributed by atoms with E-state index in [-0.39, 0.29) is 34.5 Å². The van der Waals surface area contributed by atoms with Crippen molar-refractivity contribution in [2.75, 3.05) is 5.75 Å². The number of nitrogens with zero attached hydrogens (tertiary/aromatic N) is 3. The Balaban J connectivity index is 1.55. The quantitative estimate of drug-likeness (QED) is 0.336. The van der Waals surface area contributed by atoms with Gasteiger partial charge in [-0.25, -0.2) is 0 Å². The van der Waals surface area contributed by atoms with Gasteiger partial charge in [0.05, 0.1) is 16.7 Å². The van der Waals surface area contributed by atoms with Crippen molar-refractivity contribution in [3.8, 4) is 11.5 Å². The first-order valence-electron chi connectivity index (χ1n) is 9.05. The maximum Gasteiger partial charge on any atom is 0.277 e. The number of aryl methyl sites for hydroxylation is 1. The van der Waals surface area contributed by atoms with E-state index in [4.69, 9.17) is 4.42 Å². The minimum absolute atomic E-state index is 0.0600. The zero-order valence-corrected chi connectivity index (χ0v) is 16.8. The summed E-state index contributed by atoms with van der Waals surface area (Å²) >= 11 is 1.11. The highest BCUT2D eigenvalue weighted by Gasteiger charge is 2.15. The molecule has 0 saturated carbocycles.